The van der Waals surface area contributed by atoms with E-state index in [0.717, 1.165) is 60.9 Å². The zero-order valence-corrected chi connectivity index (χ0v) is 36.2. The van der Waals surface area contributed by atoms with Gasteiger partial charge in [-0.15, -0.1) is 11.3 Å². The van der Waals surface area contributed by atoms with Gasteiger partial charge in [0.25, 0.3) is 0 Å². The molecule has 4 nitrogen and oxygen atoms in total. The first-order valence-electron chi connectivity index (χ1n) is 22.2. The summed E-state index contributed by atoms with van der Waals surface area (Å²) >= 11 is 1.85. The van der Waals surface area contributed by atoms with Gasteiger partial charge in [0.1, 0.15) is 11.2 Å². The molecule has 0 aliphatic rings. The number of nitrogens with zero attached hydrogens (tertiary/aromatic N) is 3. The van der Waals surface area contributed by atoms with E-state index in [4.69, 9.17) is 19.4 Å². The van der Waals surface area contributed by atoms with E-state index in [1.807, 2.05) is 41.7 Å². The predicted molar refractivity (Wildman–Crippen MR) is 276 cm³/mol. The van der Waals surface area contributed by atoms with E-state index in [9.17, 15) is 0 Å². The van der Waals surface area contributed by atoms with E-state index >= 15 is 0 Å². The number of fused-ring (bicyclic) bond motifs is 6. The minimum atomic E-state index is 0.586. The molecule has 11 aromatic carbocycles. The van der Waals surface area contributed by atoms with Crippen molar-refractivity contribution >= 4 is 85.8 Å². The Labute approximate surface area is 383 Å². The lowest BCUT2D eigenvalue weighted by Crippen LogP contribution is -2.01. The molecule has 0 unspecified atom stereocenters. The van der Waals surface area contributed by atoms with Gasteiger partial charge in [-0.2, -0.15) is 0 Å². The SMILES string of the molecule is c1ccc(-c2nc(-c3ccccc3-c3cccc(-c4cccc5c4sc4ccccc45)c3)nc(-c3cccc4oc5cc(-c6cc7ccc8cccc9ccc(c6)c7c89)ccc5c34)n2)cc1. The molecule has 0 radical (unpaired) electrons. The highest BCUT2D eigenvalue weighted by atomic mass is 32.1. The van der Waals surface area contributed by atoms with Gasteiger partial charge in [-0.3, -0.25) is 0 Å². The first kappa shape index (κ1) is 36.9. The van der Waals surface area contributed by atoms with Gasteiger partial charge < -0.3 is 4.42 Å². The molecule has 306 valence electrons. The van der Waals surface area contributed by atoms with Crippen LogP contribution in [0.3, 0.4) is 0 Å². The third-order valence-corrected chi connectivity index (χ3v) is 14.5. The predicted octanol–water partition coefficient (Wildman–Crippen LogP) is 17.0. The number of hydrogen-bond acceptors (Lipinski definition) is 5. The van der Waals surface area contributed by atoms with Crippen molar-refractivity contribution in [2.75, 3.05) is 0 Å². The third-order valence-electron chi connectivity index (χ3n) is 13.3. The Hall–Kier alpha value is -8.51. The lowest BCUT2D eigenvalue weighted by molar-refractivity contribution is 0.669. The molecule has 0 spiro atoms. The zero-order chi connectivity index (χ0) is 43.3. The quantitative estimate of drug-likeness (QED) is 0.156. The second-order valence-electron chi connectivity index (χ2n) is 17.1. The number of hydrogen-bond donors (Lipinski definition) is 0. The van der Waals surface area contributed by atoms with E-state index in [1.165, 1.54) is 63.6 Å². The van der Waals surface area contributed by atoms with Crippen molar-refractivity contribution in [1.29, 1.82) is 0 Å². The molecule has 0 saturated carbocycles. The van der Waals surface area contributed by atoms with Crippen LogP contribution in [-0.4, -0.2) is 15.0 Å². The average molecular weight is 858 g/mol. The second kappa shape index (κ2) is 14.5. The first-order chi connectivity index (χ1) is 32.7. The summed E-state index contributed by atoms with van der Waals surface area (Å²) in [6, 6.07) is 75.6. The zero-order valence-electron chi connectivity index (χ0n) is 35.4. The first-order valence-corrected chi connectivity index (χ1v) is 23.1. The molecule has 0 bridgehead atoms. The minimum Gasteiger partial charge on any atom is -0.456 e. The number of aromatic nitrogens is 3. The van der Waals surface area contributed by atoms with E-state index in [-0.39, 0.29) is 0 Å². The van der Waals surface area contributed by atoms with Crippen LogP contribution < -0.4 is 0 Å². The van der Waals surface area contributed by atoms with Crippen molar-refractivity contribution in [3.8, 4) is 67.5 Å². The Kier molecular flexibility index (Phi) is 8.12. The summed E-state index contributed by atoms with van der Waals surface area (Å²) < 4.78 is 9.29. The number of thiophene rings is 1. The van der Waals surface area contributed by atoms with Crippen LogP contribution in [0.4, 0.5) is 0 Å². The molecule has 3 heterocycles. The van der Waals surface area contributed by atoms with Gasteiger partial charge >= 0.3 is 0 Å². The van der Waals surface area contributed by atoms with Gasteiger partial charge in [0.15, 0.2) is 17.5 Å². The molecule has 66 heavy (non-hydrogen) atoms. The molecule has 14 aromatic rings. The van der Waals surface area contributed by atoms with Crippen molar-refractivity contribution in [1.82, 2.24) is 15.0 Å². The summed E-state index contributed by atoms with van der Waals surface area (Å²) in [5, 5.41) is 12.2. The highest BCUT2D eigenvalue weighted by Gasteiger charge is 2.21. The fraction of sp³-hybridized carbons (Fsp3) is 0. The van der Waals surface area contributed by atoms with Crippen LogP contribution in [0.2, 0.25) is 0 Å². The van der Waals surface area contributed by atoms with Gasteiger partial charge in [0.05, 0.1) is 0 Å². The van der Waals surface area contributed by atoms with Crippen LogP contribution in [0.1, 0.15) is 0 Å². The molecule has 0 aliphatic heterocycles. The third kappa shape index (κ3) is 5.80. The van der Waals surface area contributed by atoms with E-state index in [1.54, 1.807) is 0 Å². The molecule has 0 N–H and O–H groups in total. The second-order valence-corrected chi connectivity index (χ2v) is 18.1. The fourth-order valence-electron chi connectivity index (χ4n) is 10.2. The Balaban J connectivity index is 0.903. The number of furan rings is 1. The Bertz CT molecular complexity index is 4180. The molecule has 14 rings (SSSR count). The van der Waals surface area contributed by atoms with E-state index in [2.05, 4.69) is 182 Å². The summed E-state index contributed by atoms with van der Waals surface area (Å²) in [6.45, 7) is 0. The summed E-state index contributed by atoms with van der Waals surface area (Å²) in [5.41, 5.74) is 11.1. The molecular weight excluding hydrogens is 823 g/mol. The standard InChI is InChI=1S/C61H35N3OS/c1-2-12-38(13-3-1)59-62-60(49-20-5-4-18-45(49)40-16-9-17-41(32-40)46-21-10-22-48-47-19-6-7-25-54(47)66-58(46)48)64-61(63-59)51-23-11-24-52-57(51)50-31-30-39(35-53(50)65-52)44-33-42-28-26-36-14-8-15-37-27-29-43(34-44)56(42)55(36)37/h1-35H. The summed E-state index contributed by atoms with van der Waals surface area (Å²) in [5.74, 6) is 1.80. The van der Waals surface area contributed by atoms with Crippen LogP contribution in [0.5, 0.6) is 0 Å². The number of benzene rings is 11. The van der Waals surface area contributed by atoms with Crippen molar-refractivity contribution < 1.29 is 4.42 Å². The number of rotatable bonds is 6. The molecule has 5 heteroatoms. The Morgan fingerprint density at radius 1 is 0.303 bits per heavy atom. The summed E-state index contributed by atoms with van der Waals surface area (Å²) in [7, 11) is 0. The highest BCUT2D eigenvalue weighted by molar-refractivity contribution is 7.26. The van der Waals surface area contributed by atoms with Crippen LogP contribution in [0.15, 0.2) is 217 Å². The van der Waals surface area contributed by atoms with Crippen molar-refractivity contribution in [2.24, 2.45) is 0 Å². The van der Waals surface area contributed by atoms with Crippen LogP contribution in [-0.2, 0) is 0 Å². The summed E-state index contributed by atoms with van der Waals surface area (Å²) in [6.07, 6.45) is 0. The smallest absolute Gasteiger partial charge is 0.164 e. The Morgan fingerprint density at radius 3 is 1.73 bits per heavy atom. The maximum absolute atomic E-state index is 6.70. The molecular formula is C61H35N3OS. The largest absolute Gasteiger partial charge is 0.456 e. The molecule has 0 fully saturated rings. The van der Waals surface area contributed by atoms with Gasteiger partial charge in [-0.05, 0) is 108 Å². The maximum atomic E-state index is 6.70. The van der Waals surface area contributed by atoms with E-state index in [0.29, 0.717) is 17.5 Å². The van der Waals surface area contributed by atoms with Gasteiger partial charge in [-0.25, -0.2) is 15.0 Å². The van der Waals surface area contributed by atoms with Gasteiger partial charge in [-0.1, -0.05) is 170 Å². The Morgan fingerprint density at radius 2 is 0.894 bits per heavy atom. The molecule has 3 aromatic heterocycles. The molecule has 0 aliphatic carbocycles. The molecule has 0 saturated heterocycles. The van der Waals surface area contributed by atoms with Crippen molar-refractivity contribution in [2.45, 2.75) is 0 Å². The lowest BCUT2D eigenvalue weighted by atomic mass is 9.91. The average Bonchev–Trinajstić information content (AvgIpc) is 3.96. The lowest BCUT2D eigenvalue weighted by Gasteiger charge is -2.13. The van der Waals surface area contributed by atoms with Gasteiger partial charge in [0.2, 0.25) is 0 Å². The summed E-state index contributed by atoms with van der Waals surface area (Å²) in [4.78, 5) is 15.8. The van der Waals surface area contributed by atoms with Crippen LogP contribution in [0.25, 0.3) is 142 Å². The monoisotopic (exact) mass is 857 g/mol. The van der Waals surface area contributed by atoms with Crippen LogP contribution >= 0.6 is 11.3 Å². The van der Waals surface area contributed by atoms with Gasteiger partial charge in [0, 0.05) is 47.6 Å². The molecule has 0 atom stereocenters. The molecule has 0 amide bonds. The normalized spacial score (nSPS) is 11.9. The maximum Gasteiger partial charge on any atom is 0.164 e. The minimum absolute atomic E-state index is 0.586. The van der Waals surface area contributed by atoms with E-state index < -0.39 is 0 Å². The topological polar surface area (TPSA) is 51.8 Å². The van der Waals surface area contributed by atoms with Crippen molar-refractivity contribution in [3.05, 3.63) is 212 Å². The fourth-order valence-corrected chi connectivity index (χ4v) is 11.4. The van der Waals surface area contributed by atoms with Crippen molar-refractivity contribution in [3.63, 3.8) is 0 Å². The van der Waals surface area contributed by atoms with Crippen LogP contribution in [0, 0.1) is 0 Å². The highest BCUT2D eigenvalue weighted by Crippen LogP contribution is 2.44.